The summed E-state index contributed by atoms with van der Waals surface area (Å²) in [5, 5.41) is 3.01. The molecule has 0 unspecified atom stereocenters. The molecular weight excluding hydrogens is 378 g/mol. The summed E-state index contributed by atoms with van der Waals surface area (Å²) in [6.45, 7) is 1.31. The normalized spacial score (nSPS) is 24.8. The summed E-state index contributed by atoms with van der Waals surface area (Å²) in [7, 11) is 0. The van der Waals surface area contributed by atoms with Gasteiger partial charge in [0.25, 0.3) is 5.91 Å². The molecule has 6 heteroatoms. The zero-order valence-corrected chi connectivity index (χ0v) is 17.0. The van der Waals surface area contributed by atoms with E-state index in [1.165, 1.54) is 0 Å². The number of nitrogens with zero attached hydrogens (tertiary/aromatic N) is 2. The molecule has 30 heavy (non-hydrogen) atoms. The maximum absolute atomic E-state index is 13.7. The Morgan fingerprint density at radius 2 is 1.93 bits per heavy atom. The van der Waals surface area contributed by atoms with Crippen LogP contribution in [0, 0.1) is 0 Å². The van der Waals surface area contributed by atoms with Gasteiger partial charge in [-0.25, -0.2) is 4.98 Å². The molecule has 3 heterocycles. The highest BCUT2D eigenvalue weighted by Gasteiger charge is 2.56. The predicted octanol–water partition coefficient (Wildman–Crippen LogP) is 3.75. The van der Waals surface area contributed by atoms with Crippen molar-refractivity contribution in [3.63, 3.8) is 0 Å². The van der Waals surface area contributed by atoms with Gasteiger partial charge in [0.1, 0.15) is 5.82 Å². The molecule has 5 rings (SSSR count). The molecule has 2 atom stereocenters. The molecule has 1 saturated heterocycles. The van der Waals surface area contributed by atoms with Crippen molar-refractivity contribution in [2.24, 2.45) is 0 Å². The molecule has 1 saturated carbocycles. The van der Waals surface area contributed by atoms with E-state index >= 15 is 0 Å². The van der Waals surface area contributed by atoms with Crippen LogP contribution in [0.1, 0.15) is 60.4 Å². The molecule has 0 bridgehead atoms. The maximum Gasteiger partial charge on any atom is 0.254 e. The number of fused-ring (bicyclic) bond motifs is 1. The lowest BCUT2D eigenvalue weighted by molar-refractivity contribution is -0.121. The first kappa shape index (κ1) is 19.2. The number of pyridine rings is 1. The van der Waals surface area contributed by atoms with Gasteiger partial charge < -0.3 is 15.0 Å². The molecule has 1 spiro atoms. The van der Waals surface area contributed by atoms with Crippen molar-refractivity contribution >= 4 is 17.6 Å². The summed E-state index contributed by atoms with van der Waals surface area (Å²) in [6.07, 6.45) is 7.42. The Hall–Kier alpha value is -2.73. The third-order valence-corrected chi connectivity index (χ3v) is 6.88. The molecule has 1 aliphatic carbocycles. The summed E-state index contributed by atoms with van der Waals surface area (Å²) in [5.74, 6) is 0.0609. The molecule has 1 N–H and O–H groups in total. The van der Waals surface area contributed by atoms with Gasteiger partial charge in [-0.1, -0.05) is 37.1 Å². The largest absolute Gasteiger partial charge is 0.376 e. The zero-order valence-electron chi connectivity index (χ0n) is 17.0. The van der Waals surface area contributed by atoms with Crippen LogP contribution >= 0.6 is 0 Å². The average Bonchev–Trinajstić information content (AvgIpc) is 3.45. The molecule has 1 aromatic carbocycles. The lowest BCUT2D eigenvalue weighted by Crippen LogP contribution is -2.61. The highest BCUT2D eigenvalue weighted by Crippen LogP contribution is 2.50. The van der Waals surface area contributed by atoms with Crippen molar-refractivity contribution in [3.8, 4) is 0 Å². The number of aromatic nitrogens is 1. The molecule has 0 radical (unpaired) electrons. The van der Waals surface area contributed by atoms with Gasteiger partial charge in [0.05, 0.1) is 17.6 Å². The quantitative estimate of drug-likeness (QED) is 0.841. The summed E-state index contributed by atoms with van der Waals surface area (Å²) in [6, 6.07) is 13.1. The van der Waals surface area contributed by atoms with Crippen LogP contribution in [0.4, 0.5) is 5.82 Å². The first-order valence-electron chi connectivity index (χ1n) is 10.9. The van der Waals surface area contributed by atoms with E-state index in [1.807, 2.05) is 41.3 Å². The Balaban J connectivity index is 1.57. The van der Waals surface area contributed by atoms with Gasteiger partial charge in [-0.2, -0.15) is 0 Å². The zero-order chi connectivity index (χ0) is 20.6. The van der Waals surface area contributed by atoms with Crippen LogP contribution in [0.3, 0.4) is 0 Å². The number of nitrogens with one attached hydrogen (secondary N) is 1. The van der Waals surface area contributed by atoms with E-state index in [9.17, 15) is 9.59 Å². The van der Waals surface area contributed by atoms with Crippen molar-refractivity contribution in [2.75, 3.05) is 18.5 Å². The number of amides is 2. The van der Waals surface area contributed by atoms with E-state index in [-0.39, 0.29) is 17.9 Å². The highest BCUT2D eigenvalue weighted by molar-refractivity contribution is 6.05. The van der Waals surface area contributed by atoms with Crippen LogP contribution in [-0.4, -0.2) is 46.5 Å². The van der Waals surface area contributed by atoms with Crippen molar-refractivity contribution in [2.45, 2.75) is 56.1 Å². The number of hydrogen-bond donors (Lipinski definition) is 1. The molecule has 2 amide bonds. The second-order valence-electron chi connectivity index (χ2n) is 8.59. The van der Waals surface area contributed by atoms with Gasteiger partial charge in [-0.3, -0.25) is 9.59 Å². The molecule has 2 fully saturated rings. The number of hydrogen-bond acceptors (Lipinski definition) is 4. The number of ether oxygens (including phenoxy) is 1. The maximum atomic E-state index is 13.7. The summed E-state index contributed by atoms with van der Waals surface area (Å²) in [4.78, 5) is 33.5. The minimum Gasteiger partial charge on any atom is -0.376 e. The first-order chi connectivity index (χ1) is 14.7. The monoisotopic (exact) mass is 405 g/mol. The van der Waals surface area contributed by atoms with Crippen molar-refractivity contribution in [3.05, 3.63) is 59.8 Å². The number of carbonyl (C=O) groups excluding carboxylic acids is 2. The van der Waals surface area contributed by atoms with Crippen LogP contribution in [-0.2, 0) is 9.53 Å². The molecule has 156 valence electrons. The number of carbonyl (C=O) groups is 2. The third-order valence-electron chi connectivity index (χ3n) is 6.88. The fraction of sp³-hybridized carbons (Fsp3) is 0.458. The molecular formula is C24H27N3O3. The van der Waals surface area contributed by atoms with Gasteiger partial charge in [0, 0.05) is 24.9 Å². The first-order valence-corrected chi connectivity index (χ1v) is 10.9. The second-order valence-corrected chi connectivity index (χ2v) is 8.59. The van der Waals surface area contributed by atoms with Crippen LogP contribution in [0.5, 0.6) is 0 Å². The smallest absolute Gasteiger partial charge is 0.254 e. The van der Waals surface area contributed by atoms with E-state index in [2.05, 4.69) is 10.3 Å². The van der Waals surface area contributed by atoms with E-state index in [0.717, 1.165) is 50.7 Å². The van der Waals surface area contributed by atoms with E-state index in [0.29, 0.717) is 17.9 Å². The fourth-order valence-electron chi connectivity index (χ4n) is 5.56. The Bertz CT molecular complexity index is 934. The Morgan fingerprint density at radius 1 is 1.13 bits per heavy atom. The fourth-order valence-corrected chi connectivity index (χ4v) is 5.56. The van der Waals surface area contributed by atoms with Crippen LogP contribution in [0.25, 0.3) is 0 Å². The van der Waals surface area contributed by atoms with Crippen molar-refractivity contribution in [1.82, 2.24) is 9.88 Å². The van der Waals surface area contributed by atoms with Gasteiger partial charge in [0.15, 0.2) is 0 Å². The number of benzene rings is 1. The van der Waals surface area contributed by atoms with Gasteiger partial charge in [-0.05, 0) is 49.4 Å². The topological polar surface area (TPSA) is 71.5 Å². The molecule has 2 aliphatic heterocycles. The summed E-state index contributed by atoms with van der Waals surface area (Å²) in [5.41, 5.74) is 0.964. The predicted molar refractivity (Wildman–Crippen MR) is 113 cm³/mol. The Kier molecular flexibility index (Phi) is 5.03. The average molecular weight is 405 g/mol. The van der Waals surface area contributed by atoms with E-state index in [4.69, 9.17) is 4.74 Å². The summed E-state index contributed by atoms with van der Waals surface area (Å²) >= 11 is 0. The minimum atomic E-state index is -0.504. The van der Waals surface area contributed by atoms with Gasteiger partial charge in [-0.15, -0.1) is 0 Å². The van der Waals surface area contributed by atoms with Crippen LogP contribution in [0.15, 0.2) is 48.7 Å². The number of anilines is 1. The van der Waals surface area contributed by atoms with Gasteiger partial charge >= 0.3 is 0 Å². The van der Waals surface area contributed by atoms with E-state index < -0.39 is 11.5 Å². The molecule has 1 aromatic heterocycles. The summed E-state index contributed by atoms with van der Waals surface area (Å²) < 4.78 is 5.88. The van der Waals surface area contributed by atoms with Gasteiger partial charge in [0.2, 0.25) is 5.91 Å². The molecule has 6 nitrogen and oxygen atoms in total. The highest BCUT2D eigenvalue weighted by atomic mass is 16.5. The molecule has 3 aliphatic rings. The lowest BCUT2D eigenvalue weighted by atomic mass is 9.71. The van der Waals surface area contributed by atoms with Crippen molar-refractivity contribution < 1.29 is 14.3 Å². The second kappa shape index (κ2) is 7.84. The Morgan fingerprint density at radius 3 is 2.67 bits per heavy atom. The Labute approximate surface area is 176 Å². The lowest BCUT2D eigenvalue weighted by Gasteiger charge is -2.50. The van der Waals surface area contributed by atoms with E-state index in [1.54, 1.807) is 12.3 Å². The van der Waals surface area contributed by atoms with Crippen LogP contribution < -0.4 is 5.32 Å². The number of rotatable bonds is 4. The standard InChI is InChI=1S/C24H27N3O3/c28-22(26-20-11-3-6-14-25-20)21-18-9-1-2-10-19(18)23(29)27(16-17-8-7-15-30-17)24(21)12-4-5-13-24/h1-3,6,9-11,14,17,21H,4-5,7-8,12-13,15-16H2,(H,25,26,28)/t17-,21+/m1/s1. The molecule has 2 aromatic rings. The van der Waals surface area contributed by atoms with Crippen LogP contribution in [0.2, 0.25) is 0 Å². The minimum absolute atomic E-state index is 0.0323. The third kappa shape index (κ3) is 3.19. The SMILES string of the molecule is O=C(Nc1ccccn1)[C@@H]1c2ccccc2C(=O)N(C[C@H]2CCCO2)C12CCCC2. The van der Waals surface area contributed by atoms with Crippen molar-refractivity contribution in [1.29, 1.82) is 0 Å².